The molecule has 82 valence electrons. The first-order valence-electron chi connectivity index (χ1n) is 5.23. The molecule has 1 rings (SSSR count). The van der Waals surface area contributed by atoms with Crippen LogP contribution in [0.1, 0.15) is 26.7 Å². The Kier molecular flexibility index (Phi) is 4.41. The van der Waals surface area contributed by atoms with Crippen LogP contribution in [0.4, 0.5) is 0 Å². The first-order chi connectivity index (χ1) is 7.06. The summed E-state index contributed by atoms with van der Waals surface area (Å²) in [4.78, 5) is 2.32. The zero-order valence-electron chi connectivity index (χ0n) is 9.39. The minimum atomic E-state index is 0.239. The zero-order valence-corrected chi connectivity index (χ0v) is 11.0. The Morgan fingerprint density at radius 2 is 1.93 bits per heavy atom. The van der Waals surface area contributed by atoms with E-state index >= 15 is 0 Å². The van der Waals surface area contributed by atoms with Crippen LogP contribution in [-0.2, 0) is 0 Å². The molecule has 0 unspecified atom stereocenters. The van der Waals surface area contributed by atoms with Crippen molar-refractivity contribution in [2.75, 3.05) is 13.1 Å². The molecular weight excluding hydrogens is 252 g/mol. The van der Waals surface area contributed by atoms with Gasteiger partial charge in [-0.3, -0.25) is 0 Å². The number of rotatable bonds is 2. The largest absolute Gasteiger partial charge is 0.371 e. The lowest BCUT2D eigenvalue weighted by Crippen LogP contribution is -2.33. The van der Waals surface area contributed by atoms with Gasteiger partial charge in [-0.2, -0.15) is 5.26 Å². The molecule has 1 aliphatic rings. The molecule has 0 spiro atoms. The fourth-order valence-electron chi connectivity index (χ4n) is 2.01. The molecule has 0 aromatic heterocycles. The van der Waals surface area contributed by atoms with Gasteiger partial charge in [0, 0.05) is 29.2 Å². The van der Waals surface area contributed by atoms with Crippen LogP contribution < -0.4 is 0 Å². The molecule has 0 atom stereocenters. The summed E-state index contributed by atoms with van der Waals surface area (Å²) in [5, 5.41) is 8.83. The zero-order chi connectivity index (χ0) is 11.4. The summed E-state index contributed by atoms with van der Waals surface area (Å²) in [7, 11) is 0. The number of hydrogen-bond donors (Lipinski definition) is 0. The molecule has 0 aromatic carbocycles. The Hall–Kier alpha value is -0.750. The van der Waals surface area contributed by atoms with Crippen molar-refractivity contribution in [1.82, 2.24) is 4.90 Å². The van der Waals surface area contributed by atoms with E-state index < -0.39 is 0 Å². The minimum absolute atomic E-state index is 0.239. The molecule has 0 radical (unpaired) electrons. The number of hydrogen-bond acceptors (Lipinski definition) is 2. The van der Waals surface area contributed by atoms with E-state index in [0.29, 0.717) is 0 Å². The highest BCUT2D eigenvalue weighted by molar-refractivity contribution is 9.11. The second-order valence-electron chi connectivity index (χ2n) is 4.05. The quantitative estimate of drug-likeness (QED) is 0.718. The number of allylic oxidation sites excluding steroid dienone is 2. The standard InChI is InChI=1S/C12H17BrN2/c1-9(2)12(10(3)13)15-6-4-11(8-14)5-7-15/h11H,1,4-7H2,2-3H3/b12-10-. The lowest BCUT2D eigenvalue weighted by Gasteiger charge is -2.33. The van der Waals surface area contributed by atoms with Crippen LogP contribution in [0.15, 0.2) is 22.3 Å². The highest BCUT2D eigenvalue weighted by Crippen LogP contribution is 2.27. The van der Waals surface area contributed by atoms with Crippen LogP contribution in [0.2, 0.25) is 0 Å². The average Bonchev–Trinajstić information content (AvgIpc) is 2.18. The van der Waals surface area contributed by atoms with Crippen molar-refractivity contribution in [3.63, 3.8) is 0 Å². The molecule has 3 heteroatoms. The lowest BCUT2D eigenvalue weighted by molar-refractivity contribution is 0.258. The van der Waals surface area contributed by atoms with Crippen molar-refractivity contribution < 1.29 is 0 Å². The average molecular weight is 269 g/mol. The van der Waals surface area contributed by atoms with Crippen LogP contribution in [-0.4, -0.2) is 18.0 Å². The van der Waals surface area contributed by atoms with Crippen LogP contribution >= 0.6 is 15.9 Å². The van der Waals surface area contributed by atoms with Gasteiger partial charge in [-0.05, 0) is 32.3 Å². The molecular formula is C12H17BrN2. The van der Waals surface area contributed by atoms with Gasteiger partial charge in [0.2, 0.25) is 0 Å². The van der Waals surface area contributed by atoms with Crippen molar-refractivity contribution in [1.29, 1.82) is 5.26 Å². The van der Waals surface area contributed by atoms with Crippen LogP contribution in [0.5, 0.6) is 0 Å². The Morgan fingerprint density at radius 1 is 1.40 bits per heavy atom. The summed E-state index contributed by atoms with van der Waals surface area (Å²) in [6.45, 7) is 9.99. The molecule has 0 aromatic rings. The fraction of sp³-hybridized carbons (Fsp3) is 0.583. The van der Waals surface area contributed by atoms with Crippen molar-refractivity contribution in [2.24, 2.45) is 5.92 Å². The molecule has 0 amide bonds. The number of halogens is 1. The maximum absolute atomic E-state index is 8.83. The van der Waals surface area contributed by atoms with Gasteiger partial charge >= 0.3 is 0 Å². The monoisotopic (exact) mass is 268 g/mol. The third kappa shape index (κ3) is 3.10. The smallest absolute Gasteiger partial charge is 0.0657 e. The molecule has 0 N–H and O–H groups in total. The second-order valence-corrected chi connectivity index (χ2v) is 5.24. The molecule has 1 aliphatic heterocycles. The summed E-state index contributed by atoms with van der Waals surface area (Å²) < 4.78 is 1.13. The van der Waals surface area contributed by atoms with E-state index in [9.17, 15) is 0 Å². The summed E-state index contributed by atoms with van der Waals surface area (Å²) >= 11 is 3.52. The SMILES string of the molecule is C=C(C)/C(=C(\C)Br)N1CCC(C#N)CC1. The molecule has 1 saturated heterocycles. The number of nitrogens with zero attached hydrogens (tertiary/aromatic N) is 2. The second kappa shape index (κ2) is 5.37. The van der Waals surface area contributed by atoms with Gasteiger partial charge in [-0.25, -0.2) is 0 Å². The third-order valence-electron chi connectivity index (χ3n) is 2.72. The van der Waals surface area contributed by atoms with Crippen molar-refractivity contribution in [2.45, 2.75) is 26.7 Å². The van der Waals surface area contributed by atoms with Crippen molar-refractivity contribution >= 4 is 15.9 Å². The highest BCUT2D eigenvalue weighted by Gasteiger charge is 2.21. The third-order valence-corrected chi connectivity index (χ3v) is 3.10. The Balaban J connectivity index is 2.71. The van der Waals surface area contributed by atoms with E-state index in [-0.39, 0.29) is 5.92 Å². The Labute approximate surface area is 100 Å². The minimum Gasteiger partial charge on any atom is -0.371 e. The number of likely N-dealkylation sites (tertiary alicyclic amines) is 1. The van der Waals surface area contributed by atoms with E-state index in [1.165, 1.54) is 5.70 Å². The van der Waals surface area contributed by atoms with Gasteiger partial charge in [0.15, 0.2) is 0 Å². The Morgan fingerprint density at radius 3 is 2.27 bits per heavy atom. The maximum Gasteiger partial charge on any atom is 0.0657 e. The topological polar surface area (TPSA) is 27.0 Å². The number of piperidine rings is 1. The number of nitriles is 1. The van der Waals surface area contributed by atoms with Crippen molar-refractivity contribution in [3.05, 3.63) is 22.3 Å². The van der Waals surface area contributed by atoms with Crippen LogP contribution in [0.3, 0.4) is 0 Å². The van der Waals surface area contributed by atoms with E-state index in [1.54, 1.807) is 0 Å². The van der Waals surface area contributed by atoms with E-state index in [2.05, 4.69) is 33.5 Å². The van der Waals surface area contributed by atoms with Crippen molar-refractivity contribution in [3.8, 4) is 6.07 Å². The van der Waals surface area contributed by atoms with Gasteiger partial charge in [-0.15, -0.1) is 0 Å². The Bertz CT molecular complexity index is 313. The van der Waals surface area contributed by atoms with Gasteiger partial charge < -0.3 is 4.90 Å². The molecule has 2 nitrogen and oxygen atoms in total. The first kappa shape index (κ1) is 12.3. The fourth-order valence-corrected chi connectivity index (χ4v) is 2.60. The summed E-state index contributed by atoms with van der Waals surface area (Å²) in [6.07, 6.45) is 1.93. The van der Waals surface area contributed by atoms with Crippen LogP contribution in [0, 0.1) is 17.2 Å². The van der Waals surface area contributed by atoms with Crippen LogP contribution in [0.25, 0.3) is 0 Å². The van der Waals surface area contributed by atoms with Gasteiger partial charge in [0.25, 0.3) is 0 Å². The van der Waals surface area contributed by atoms with E-state index in [1.807, 2.05) is 13.8 Å². The molecule has 1 heterocycles. The summed E-state index contributed by atoms with van der Waals surface area (Å²) in [5.41, 5.74) is 2.28. The summed E-state index contributed by atoms with van der Waals surface area (Å²) in [6, 6.07) is 2.34. The van der Waals surface area contributed by atoms with E-state index in [4.69, 9.17) is 5.26 Å². The maximum atomic E-state index is 8.83. The predicted octanol–water partition coefficient (Wildman–Crippen LogP) is 3.42. The first-order valence-corrected chi connectivity index (χ1v) is 6.02. The van der Waals surface area contributed by atoms with Gasteiger partial charge in [-0.1, -0.05) is 22.5 Å². The lowest BCUT2D eigenvalue weighted by atomic mass is 9.97. The molecule has 0 aliphatic carbocycles. The van der Waals surface area contributed by atoms with E-state index in [0.717, 1.165) is 36.0 Å². The molecule has 1 fully saturated rings. The molecule has 0 bridgehead atoms. The molecule has 15 heavy (non-hydrogen) atoms. The normalized spacial score (nSPS) is 19.5. The highest BCUT2D eigenvalue weighted by atomic mass is 79.9. The van der Waals surface area contributed by atoms with Gasteiger partial charge in [0.05, 0.1) is 6.07 Å². The predicted molar refractivity (Wildman–Crippen MR) is 66.4 cm³/mol. The molecule has 0 saturated carbocycles. The van der Waals surface area contributed by atoms with Gasteiger partial charge in [0.1, 0.15) is 0 Å². The summed E-state index contributed by atoms with van der Waals surface area (Å²) in [5.74, 6) is 0.239.